The third-order valence-electron chi connectivity index (χ3n) is 6.19. The Kier molecular flexibility index (Phi) is 6.37. The molecule has 0 fully saturated rings. The van der Waals surface area contributed by atoms with Gasteiger partial charge in [0.25, 0.3) is 5.56 Å². The molecule has 0 amide bonds. The number of aromatic nitrogens is 2. The minimum atomic E-state index is -0.318. The van der Waals surface area contributed by atoms with E-state index in [4.69, 9.17) is 25.7 Å². The number of nitriles is 1. The summed E-state index contributed by atoms with van der Waals surface area (Å²) in [6.45, 7) is 0.279. The second-order valence-electron chi connectivity index (χ2n) is 8.73. The number of furan rings is 1. The molecule has 0 aliphatic heterocycles. The zero-order valence-electron chi connectivity index (χ0n) is 20.4. The van der Waals surface area contributed by atoms with Crippen LogP contribution in [-0.4, -0.2) is 15.9 Å². The van der Waals surface area contributed by atoms with E-state index in [-0.39, 0.29) is 18.0 Å². The van der Waals surface area contributed by atoms with E-state index in [1.165, 1.54) is 4.68 Å². The molecule has 0 N–H and O–H groups in total. The van der Waals surface area contributed by atoms with Gasteiger partial charge in [-0.05, 0) is 72.3 Å². The minimum absolute atomic E-state index is 0.276. The number of halogens is 1. The van der Waals surface area contributed by atoms with Crippen LogP contribution in [0, 0.1) is 11.3 Å². The summed E-state index contributed by atoms with van der Waals surface area (Å²) in [6.07, 6.45) is 1.58. The maximum atomic E-state index is 13.4. The van der Waals surface area contributed by atoms with E-state index in [2.05, 4.69) is 11.2 Å². The third-order valence-corrected chi connectivity index (χ3v) is 6.42. The number of fused-ring (bicyclic) bond motifs is 2. The summed E-state index contributed by atoms with van der Waals surface area (Å²) >= 11 is 6.14. The molecule has 188 valence electrons. The molecule has 0 aliphatic rings. The van der Waals surface area contributed by atoms with Gasteiger partial charge in [0, 0.05) is 16.0 Å². The predicted octanol–water partition coefficient (Wildman–Crippen LogP) is 6.80. The quantitative estimate of drug-likeness (QED) is 0.221. The minimum Gasteiger partial charge on any atom is -0.489 e. The van der Waals surface area contributed by atoms with Gasteiger partial charge in [-0.25, -0.2) is 4.98 Å². The number of hydrogen-bond donors (Lipinski definition) is 0. The van der Waals surface area contributed by atoms with Crippen LogP contribution in [-0.2, 0) is 6.61 Å². The Labute approximate surface area is 227 Å². The second-order valence-corrected chi connectivity index (χ2v) is 9.17. The first-order valence-corrected chi connectivity index (χ1v) is 12.4. The van der Waals surface area contributed by atoms with Gasteiger partial charge in [-0.2, -0.15) is 15.0 Å². The van der Waals surface area contributed by atoms with Gasteiger partial charge in [0.15, 0.2) is 5.76 Å². The molecule has 0 bridgehead atoms. The molecule has 2 heterocycles. The van der Waals surface area contributed by atoms with Gasteiger partial charge in [-0.15, -0.1) is 0 Å². The fourth-order valence-electron chi connectivity index (χ4n) is 4.21. The van der Waals surface area contributed by atoms with Crippen LogP contribution >= 0.6 is 11.6 Å². The van der Waals surface area contributed by atoms with Crippen LogP contribution in [0.15, 0.2) is 111 Å². The SMILES string of the molecule is N#Cc1ccccc1COc1ccc(C=Nn2c(-c3cc4cc(Cl)ccc4o3)nc3ccccc3c2=O)cc1. The Bertz CT molecular complexity index is 1970. The highest BCUT2D eigenvalue weighted by Crippen LogP contribution is 2.29. The highest BCUT2D eigenvalue weighted by molar-refractivity contribution is 6.31. The Morgan fingerprint density at radius 3 is 2.64 bits per heavy atom. The smallest absolute Gasteiger partial charge is 0.282 e. The summed E-state index contributed by atoms with van der Waals surface area (Å²) in [4.78, 5) is 18.1. The standard InChI is InChI=1S/C31H19ClN4O3/c32-24-11-14-28-23(15-24)16-29(39-28)30-35-27-8-4-3-7-26(27)31(37)36(30)34-18-20-9-12-25(13-10-20)38-19-22-6-2-1-5-21(22)17-33/h1-16,18H,19H2. The summed E-state index contributed by atoms with van der Waals surface area (Å²) in [5.74, 6) is 1.32. The molecule has 0 aliphatic carbocycles. The van der Waals surface area contributed by atoms with Gasteiger partial charge < -0.3 is 9.15 Å². The number of ether oxygens (including phenoxy) is 1. The van der Waals surface area contributed by atoms with Crippen molar-refractivity contribution in [1.82, 2.24) is 9.66 Å². The first kappa shape index (κ1) is 24.2. The molecule has 6 aromatic rings. The molecule has 0 atom stereocenters. The van der Waals surface area contributed by atoms with Gasteiger partial charge in [-0.1, -0.05) is 41.9 Å². The van der Waals surface area contributed by atoms with Crippen LogP contribution in [0.25, 0.3) is 33.5 Å². The van der Waals surface area contributed by atoms with Gasteiger partial charge in [0.05, 0.1) is 28.8 Å². The highest BCUT2D eigenvalue weighted by Gasteiger charge is 2.16. The zero-order chi connectivity index (χ0) is 26.8. The molecule has 7 nitrogen and oxygen atoms in total. The average Bonchev–Trinajstić information content (AvgIpc) is 3.39. The monoisotopic (exact) mass is 530 g/mol. The molecule has 0 radical (unpaired) electrons. The van der Waals surface area contributed by atoms with E-state index in [0.717, 1.165) is 16.5 Å². The topological polar surface area (TPSA) is 93.4 Å². The van der Waals surface area contributed by atoms with Gasteiger partial charge >= 0.3 is 0 Å². The van der Waals surface area contributed by atoms with Gasteiger partial charge in [0.2, 0.25) is 5.82 Å². The average molecular weight is 531 g/mol. The number of para-hydroxylation sites is 1. The summed E-state index contributed by atoms with van der Waals surface area (Å²) < 4.78 is 13.1. The summed E-state index contributed by atoms with van der Waals surface area (Å²) in [5, 5.41) is 15.6. The fraction of sp³-hybridized carbons (Fsp3) is 0.0323. The lowest BCUT2D eigenvalue weighted by molar-refractivity contribution is 0.306. The normalized spacial score (nSPS) is 11.3. The van der Waals surface area contributed by atoms with Crippen molar-refractivity contribution in [3.05, 3.63) is 129 Å². The van der Waals surface area contributed by atoms with Crippen molar-refractivity contribution in [1.29, 1.82) is 5.26 Å². The van der Waals surface area contributed by atoms with Gasteiger partial charge in [-0.3, -0.25) is 4.79 Å². The molecular weight excluding hydrogens is 512 g/mol. The summed E-state index contributed by atoms with van der Waals surface area (Å²) in [7, 11) is 0. The predicted molar refractivity (Wildman–Crippen MR) is 151 cm³/mol. The molecule has 4 aromatic carbocycles. The number of rotatable bonds is 6. The first-order valence-electron chi connectivity index (χ1n) is 12.1. The Balaban J connectivity index is 1.32. The van der Waals surface area contributed by atoms with Crippen LogP contribution in [0.5, 0.6) is 5.75 Å². The molecule has 0 unspecified atom stereocenters. The highest BCUT2D eigenvalue weighted by atomic mass is 35.5. The third kappa shape index (κ3) is 4.89. The van der Waals surface area contributed by atoms with Gasteiger partial charge in [0.1, 0.15) is 17.9 Å². The number of benzene rings is 4. The lowest BCUT2D eigenvalue weighted by Gasteiger charge is -2.08. The molecule has 0 saturated heterocycles. The summed E-state index contributed by atoms with van der Waals surface area (Å²) in [5.41, 5.74) is 3.00. The van der Waals surface area contributed by atoms with E-state index in [1.54, 1.807) is 54.7 Å². The van der Waals surface area contributed by atoms with Crippen LogP contribution < -0.4 is 10.3 Å². The maximum Gasteiger partial charge on any atom is 0.282 e. The Morgan fingerprint density at radius 1 is 1.00 bits per heavy atom. The summed E-state index contributed by atoms with van der Waals surface area (Å²) in [6, 6.07) is 31.0. The second kappa shape index (κ2) is 10.3. The zero-order valence-corrected chi connectivity index (χ0v) is 21.2. The molecule has 39 heavy (non-hydrogen) atoms. The van der Waals surface area contributed by atoms with E-state index in [0.29, 0.717) is 38.6 Å². The fourth-order valence-corrected chi connectivity index (χ4v) is 4.39. The van der Waals surface area contributed by atoms with E-state index < -0.39 is 0 Å². The van der Waals surface area contributed by atoms with E-state index in [9.17, 15) is 10.1 Å². The van der Waals surface area contributed by atoms with Crippen molar-refractivity contribution in [3.8, 4) is 23.4 Å². The maximum absolute atomic E-state index is 13.4. The molecule has 8 heteroatoms. The molecule has 6 rings (SSSR count). The van der Waals surface area contributed by atoms with Crippen molar-refractivity contribution in [2.45, 2.75) is 6.61 Å². The van der Waals surface area contributed by atoms with Crippen LogP contribution in [0.2, 0.25) is 5.02 Å². The van der Waals surface area contributed by atoms with Crippen molar-refractivity contribution < 1.29 is 9.15 Å². The van der Waals surface area contributed by atoms with Crippen molar-refractivity contribution in [3.63, 3.8) is 0 Å². The Hall–Kier alpha value is -5.19. The molecule has 0 saturated carbocycles. The van der Waals surface area contributed by atoms with Crippen LogP contribution in [0.3, 0.4) is 0 Å². The molecule has 2 aromatic heterocycles. The van der Waals surface area contributed by atoms with Crippen LogP contribution in [0.1, 0.15) is 16.7 Å². The van der Waals surface area contributed by atoms with E-state index >= 15 is 0 Å². The Morgan fingerprint density at radius 2 is 1.79 bits per heavy atom. The first-order chi connectivity index (χ1) is 19.1. The number of nitrogens with zero attached hydrogens (tertiary/aromatic N) is 4. The van der Waals surface area contributed by atoms with E-state index in [1.807, 2.05) is 48.5 Å². The largest absolute Gasteiger partial charge is 0.489 e. The van der Waals surface area contributed by atoms with Crippen molar-refractivity contribution in [2.24, 2.45) is 5.10 Å². The lowest BCUT2D eigenvalue weighted by Crippen LogP contribution is -2.20. The molecule has 0 spiro atoms. The van der Waals surface area contributed by atoms with Crippen LogP contribution in [0.4, 0.5) is 0 Å². The molecular formula is C31H19ClN4O3. The lowest BCUT2D eigenvalue weighted by atomic mass is 10.1. The number of hydrogen-bond acceptors (Lipinski definition) is 6. The van der Waals surface area contributed by atoms with Crippen molar-refractivity contribution in [2.75, 3.05) is 0 Å². The van der Waals surface area contributed by atoms with Crippen molar-refractivity contribution >= 4 is 39.7 Å².